The number of nitrogens with zero attached hydrogens (tertiary/aromatic N) is 2. The number of piperazine rings is 1. The van der Waals surface area contributed by atoms with Crippen LogP contribution in [0, 0.1) is 0 Å². The Labute approximate surface area is 120 Å². The number of carbonyl (C=O) groups is 1. The highest BCUT2D eigenvalue weighted by molar-refractivity contribution is 5.95. The van der Waals surface area contributed by atoms with Gasteiger partial charge in [-0.1, -0.05) is 0 Å². The molecular formula is C16H23N3O. The summed E-state index contributed by atoms with van der Waals surface area (Å²) in [6.45, 7) is 7.91. The molecule has 108 valence electrons. The highest BCUT2D eigenvalue weighted by Crippen LogP contribution is 2.25. The molecule has 3 rings (SSSR count). The quantitative estimate of drug-likeness (QED) is 0.848. The van der Waals surface area contributed by atoms with Crippen LogP contribution in [0.15, 0.2) is 18.2 Å². The van der Waals surface area contributed by atoms with Gasteiger partial charge in [0.15, 0.2) is 0 Å². The molecule has 2 heterocycles. The van der Waals surface area contributed by atoms with E-state index in [1.165, 1.54) is 11.3 Å². The highest BCUT2D eigenvalue weighted by Gasteiger charge is 2.33. The minimum Gasteiger partial charge on any atom is -0.384 e. The Morgan fingerprint density at radius 2 is 2.10 bits per heavy atom. The third-order valence-corrected chi connectivity index (χ3v) is 4.67. The third-order valence-electron chi connectivity index (χ3n) is 4.67. The first-order chi connectivity index (χ1) is 9.47. The number of amides is 1. The monoisotopic (exact) mass is 273 g/mol. The van der Waals surface area contributed by atoms with E-state index in [1.807, 2.05) is 17.0 Å². The lowest BCUT2D eigenvalue weighted by Gasteiger charge is -2.45. The second-order valence-electron chi connectivity index (χ2n) is 6.51. The number of benzene rings is 1. The van der Waals surface area contributed by atoms with Crippen LogP contribution in [0.2, 0.25) is 0 Å². The maximum atomic E-state index is 12.7. The van der Waals surface area contributed by atoms with Crippen LogP contribution >= 0.6 is 0 Å². The average Bonchev–Trinajstić information content (AvgIpc) is 2.88. The molecule has 1 N–H and O–H groups in total. The number of carbonyl (C=O) groups excluding carboxylic acids is 1. The van der Waals surface area contributed by atoms with E-state index in [1.54, 1.807) is 0 Å². The van der Waals surface area contributed by atoms with Crippen LogP contribution in [0.3, 0.4) is 0 Å². The molecule has 0 radical (unpaired) electrons. The number of fused-ring (bicyclic) bond motifs is 1. The fourth-order valence-electron chi connectivity index (χ4n) is 3.03. The van der Waals surface area contributed by atoms with Crippen molar-refractivity contribution in [3.63, 3.8) is 0 Å². The Bertz CT molecular complexity index is 539. The summed E-state index contributed by atoms with van der Waals surface area (Å²) < 4.78 is 0. The topological polar surface area (TPSA) is 35.6 Å². The first-order valence-corrected chi connectivity index (χ1v) is 7.35. The smallest absolute Gasteiger partial charge is 0.253 e. The molecule has 2 aliphatic rings. The first-order valence-electron chi connectivity index (χ1n) is 7.35. The van der Waals surface area contributed by atoms with Crippen LogP contribution in [0.25, 0.3) is 0 Å². The lowest BCUT2D eigenvalue weighted by Crippen LogP contribution is -2.58. The molecule has 0 spiro atoms. The van der Waals surface area contributed by atoms with Gasteiger partial charge < -0.3 is 10.2 Å². The van der Waals surface area contributed by atoms with Gasteiger partial charge in [0.25, 0.3) is 5.91 Å². The SMILES string of the molecule is CN1CCN(C(=O)c2ccc3c(c2)CCN3)CC1(C)C. The molecule has 1 saturated heterocycles. The third kappa shape index (κ3) is 2.29. The number of hydrogen-bond acceptors (Lipinski definition) is 3. The van der Waals surface area contributed by atoms with E-state index in [0.29, 0.717) is 0 Å². The number of rotatable bonds is 1. The van der Waals surface area contributed by atoms with Crippen LogP contribution in [0.4, 0.5) is 5.69 Å². The summed E-state index contributed by atoms with van der Waals surface area (Å²) >= 11 is 0. The Kier molecular flexibility index (Phi) is 3.21. The molecule has 0 bridgehead atoms. The Morgan fingerprint density at radius 3 is 2.85 bits per heavy atom. The van der Waals surface area contributed by atoms with Crippen LogP contribution in [-0.4, -0.2) is 54.5 Å². The van der Waals surface area contributed by atoms with Crippen molar-refractivity contribution in [2.24, 2.45) is 0 Å². The van der Waals surface area contributed by atoms with Gasteiger partial charge in [-0.25, -0.2) is 0 Å². The van der Waals surface area contributed by atoms with E-state index in [9.17, 15) is 4.79 Å². The minimum absolute atomic E-state index is 0.0478. The van der Waals surface area contributed by atoms with E-state index in [2.05, 4.69) is 37.2 Å². The van der Waals surface area contributed by atoms with Gasteiger partial charge in [-0.15, -0.1) is 0 Å². The van der Waals surface area contributed by atoms with E-state index >= 15 is 0 Å². The molecule has 20 heavy (non-hydrogen) atoms. The lowest BCUT2D eigenvalue weighted by molar-refractivity contribution is 0.0311. The standard InChI is InChI=1S/C16H23N3O/c1-16(2)11-19(9-8-18(16)3)15(20)13-4-5-14-12(10-13)6-7-17-14/h4-5,10,17H,6-9,11H2,1-3H3. The second kappa shape index (κ2) is 4.77. The molecule has 1 aromatic rings. The molecule has 0 saturated carbocycles. The zero-order chi connectivity index (χ0) is 14.3. The molecule has 0 aliphatic carbocycles. The summed E-state index contributed by atoms with van der Waals surface area (Å²) in [5.41, 5.74) is 3.32. The fourth-order valence-corrected chi connectivity index (χ4v) is 3.03. The summed E-state index contributed by atoms with van der Waals surface area (Å²) in [7, 11) is 2.13. The van der Waals surface area contributed by atoms with E-state index < -0.39 is 0 Å². The Morgan fingerprint density at radius 1 is 1.30 bits per heavy atom. The molecule has 4 heteroatoms. The summed E-state index contributed by atoms with van der Waals surface area (Å²) in [6, 6.07) is 6.05. The van der Waals surface area contributed by atoms with Crippen molar-refractivity contribution in [3.8, 4) is 0 Å². The van der Waals surface area contributed by atoms with E-state index in [-0.39, 0.29) is 11.4 Å². The molecule has 1 aromatic carbocycles. The predicted octanol–water partition coefficient (Wildman–Crippen LogP) is 1.82. The number of nitrogens with one attached hydrogen (secondary N) is 1. The average molecular weight is 273 g/mol. The zero-order valence-corrected chi connectivity index (χ0v) is 12.6. The van der Waals surface area contributed by atoms with Crippen molar-refractivity contribution in [1.82, 2.24) is 9.80 Å². The van der Waals surface area contributed by atoms with Gasteiger partial charge in [-0.05, 0) is 51.1 Å². The largest absolute Gasteiger partial charge is 0.384 e. The summed E-state index contributed by atoms with van der Waals surface area (Å²) in [4.78, 5) is 17.0. The van der Waals surface area contributed by atoms with Crippen molar-refractivity contribution in [2.75, 3.05) is 38.5 Å². The fraction of sp³-hybridized carbons (Fsp3) is 0.562. The van der Waals surface area contributed by atoms with Gasteiger partial charge in [-0.3, -0.25) is 9.69 Å². The molecule has 1 fully saturated rings. The normalized spacial score (nSPS) is 21.4. The number of likely N-dealkylation sites (N-methyl/N-ethyl adjacent to an activating group) is 1. The van der Waals surface area contributed by atoms with Gasteiger partial charge in [0.05, 0.1) is 0 Å². The van der Waals surface area contributed by atoms with E-state index in [0.717, 1.165) is 38.2 Å². The Balaban J connectivity index is 1.79. The molecule has 1 amide bonds. The molecule has 4 nitrogen and oxygen atoms in total. The van der Waals surface area contributed by atoms with Crippen LogP contribution in [0.5, 0.6) is 0 Å². The summed E-state index contributed by atoms with van der Waals surface area (Å²) in [5, 5.41) is 3.33. The summed E-state index contributed by atoms with van der Waals surface area (Å²) in [5.74, 6) is 0.167. The van der Waals surface area contributed by atoms with Crippen molar-refractivity contribution in [2.45, 2.75) is 25.8 Å². The molecular weight excluding hydrogens is 250 g/mol. The van der Waals surface area contributed by atoms with Gasteiger partial charge in [-0.2, -0.15) is 0 Å². The zero-order valence-electron chi connectivity index (χ0n) is 12.6. The van der Waals surface area contributed by atoms with Crippen molar-refractivity contribution < 1.29 is 4.79 Å². The molecule has 0 unspecified atom stereocenters. The van der Waals surface area contributed by atoms with Crippen LogP contribution in [0.1, 0.15) is 29.8 Å². The maximum Gasteiger partial charge on any atom is 0.253 e. The van der Waals surface area contributed by atoms with E-state index in [4.69, 9.17) is 0 Å². The number of hydrogen-bond donors (Lipinski definition) is 1. The highest BCUT2D eigenvalue weighted by atomic mass is 16.2. The van der Waals surface area contributed by atoms with Gasteiger partial charge in [0.2, 0.25) is 0 Å². The van der Waals surface area contributed by atoms with Crippen molar-refractivity contribution in [1.29, 1.82) is 0 Å². The van der Waals surface area contributed by atoms with Crippen molar-refractivity contribution in [3.05, 3.63) is 29.3 Å². The Hall–Kier alpha value is -1.55. The van der Waals surface area contributed by atoms with Gasteiger partial charge in [0.1, 0.15) is 0 Å². The first kappa shape index (κ1) is 13.4. The summed E-state index contributed by atoms with van der Waals surface area (Å²) in [6.07, 6.45) is 1.02. The van der Waals surface area contributed by atoms with Crippen LogP contribution < -0.4 is 5.32 Å². The molecule has 2 aliphatic heterocycles. The lowest BCUT2D eigenvalue weighted by atomic mass is 9.98. The maximum absolute atomic E-state index is 12.7. The molecule has 0 aromatic heterocycles. The number of anilines is 1. The predicted molar refractivity (Wildman–Crippen MR) is 81.2 cm³/mol. The van der Waals surface area contributed by atoms with Crippen LogP contribution in [-0.2, 0) is 6.42 Å². The van der Waals surface area contributed by atoms with Crippen molar-refractivity contribution >= 4 is 11.6 Å². The van der Waals surface area contributed by atoms with Gasteiger partial charge in [0, 0.05) is 43.0 Å². The van der Waals surface area contributed by atoms with Gasteiger partial charge >= 0.3 is 0 Å². The second-order valence-corrected chi connectivity index (χ2v) is 6.51. The molecule has 0 atom stereocenters. The minimum atomic E-state index is 0.0478.